The molecule has 0 aliphatic rings. The van der Waals surface area contributed by atoms with Gasteiger partial charge in [0.25, 0.3) is 0 Å². The van der Waals surface area contributed by atoms with Crippen molar-refractivity contribution in [3.8, 4) is 0 Å². The van der Waals surface area contributed by atoms with Gasteiger partial charge in [-0.25, -0.2) is 14.4 Å². The summed E-state index contributed by atoms with van der Waals surface area (Å²) in [5, 5.41) is 80.3. The second kappa shape index (κ2) is 15.0. The zero-order valence-electron chi connectivity index (χ0n) is 11.6. The summed E-state index contributed by atoms with van der Waals surface area (Å²) in [6, 6.07) is 0. The molecule has 4 unspecified atom stereocenters. The van der Waals surface area contributed by atoms with Crippen LogP contribution in [0, 0.1) is 0 Å². The number of aliphatic hydroxyl groups excluding tert-OH is 7. The quantitative estimate of drug-likeness (QED) is 0.206. The molecule has 0 saturated heterocycles. The summed E-state index contributed by atoms with van der Waals surface area (Å²) in [6.07, 6.45) is -6.74. The minimum absolute atomic E-state index is 0.727. The lowest BCUT2D eigenvalue weighted by Crippen LogP contribution is -2.36. The number of carboxylic acids is 3. The van der Waals surface area contributed by atoms with Gasteiger partial charge in [0.2, 0.25) is 0 Å². The summed E-state index contributed by atoms with van der Waals surface area (Å²) in [5.41, 5.74) is 0. The number of aliphatic hydroxyl groups is 7. The molecule has 0 aromatic heterocycles. The van der Waals surface area contributed by atoms with Gasteiger partial charge >= 0.3 is 17.9 Å². The van der Waals surface area contributed by atoms with E-state index in [9.17, 15) is 14.4 Å². The third kappa shape index (κ3) is 16.3. The van der Waals surface area contributed by atoms with Crippen LogP contribution in [0.5, 0.6) is 0 Å². The van der Waals surface area contributed by atoms with E-state index in [0.717, 1.165) is 0 Å². The summed E-state index contributed by atoms with van der Waals surface area (Å²) in [5.74, 6) is -4.35. The Morgan fingerprint density at radius 3 is 0.957 bits per heavy atom. The Labute approximate surface area is 128 Å². The number of hydrogen-bond acceptors (Lipinski definition) is 10. The molecule has 0 aromatic carbocycles. The lowest BCUT2D eigenvalue weighted by atomic mass is 10.2. The van der Waals surface area contributed by atoms with E-state index in [1.807, 2.05) is 0 Å². The van der Waals surface area contributed by atoms with Crippen LogP contribution < -0.4 is 0 Å². The lowest BCUT2D eigenvalue weighted by molar-refractivity contribution is -0.154. The molecule has 0 amide bonds. The van der Waals surface area contributed by atoms with Crippen molar-refractivity contribution in [2.75, 3.05) is 19.8 Å². The number of rotatable bonds is 7. The highest BCUT2D eigenvalue weighted by Gasteiger charge is 2.21. The Morgan fingerprint density at radius 2 is 0.913 bits per heavy atom. The molecule has 0 fully saturated rings. The highest BCUT2D eigenvalue weighted by molar-refractivity contribution is 5.72. The van der Waals surface area contributed by atoms with Gasteiger partial charge in [0.15, 0.2) is 18.3 Å². The van der Waals surface area contributed by atoms with E-state index >= 15 is 0 Å². The normalized spacial score (nSPS) is 14.7. The monoisotopic (exact) mass is 348 g/mol. The van der Waals surface area contributed by atoms with Crippen molar-refractivity contribution >= 4 is 17.9 Å². The van der Waals surface area contributed by atoms with Crippen LogP contribution in [0.2, 0.25) is 0 Å². The molecule has 0 spiro atoms. The van der Waals surface area contributed by atoms with Crippen molar-refractivity contribution in [1.82, 2.24) is 0 Å². The zero-order chi connectivity index (χ0) is 19.2. The Kier molecular flexibility index (Phi) is 17.0. The average Bonchev–Trinajstić information content (AvgIpc) is 2.52. The smallest absolute Gasteiger partial charge is 0.335 e. The molecular formula is C10H20O13. The molecule has 138 valence electrons. The fraction of sp³-hybridized carbons (Fsp3) is 0.700. The Hall–Kier alpha value is -1.87. The number of carbonyl (C=O) groups is 3. The van der Waals surface area contributed by atoms with E-state index in [0.29, 0.717) is 0 Å². The molecular weight excluding hydrogens is 328 g/mol. The molecule has 0 saturated carbocycles. The molecule has 0 rings (SSSR count). The van der Waals surface area contributed by atoms with Crippen LogP contribution in [0.25, 0.3) is 0 Å². The fourth-order valence-electron chi connectivity index (χ4n) is 0.421. The van der Waals surface area contributed by atoms with Crippen LogP contribution in [0.1, 0.15) is 0 Å². The van der Waals surface area contributed by atoms with Crippen molar-refractivity contribution in [2.45, 2.75) is 24.4 Å². The highest BCUT2D eigenvalue weighted by Crippen LogP contribution is 1.90. The first-order valence-electron chi connectivity index (χ1n) is 5.69. The molecule has 4 atom stereocenters. The maximum absolute atomic E-state index is 9.78. The zero-order valence-corrected chi connectivity index (χ0v) is 11.6. The summed E-state index contributed by atoms with van der Waals surface area (Å²) < 4.78 is 0. The second-order valence-electron chi connectivity index (χ2n) is 3.61. The number of carboxylic acid groups (broad SMARTS) is 3. The molecule has 0 aliphatic heterocycles. The highest BCUT2D eigenvalue weighted by atomic mass is 16.4. The predicted molar refractivity (Wildman–Crippen MR) is 68.2 cm³/mol. The van der Waals surface area contributed by atoms with Gasteiger partial charge < -0.3 is 51.1 Å². The van der Waals surface area contributed by atoms with Gasteiger partial charge in [-0.1, -0.05) is 0 Å². The molecule has 0 aromatic rings. The molecule has 0 bridgehead atoms. The molecule has 10 N–H and O–H groups in total. The van der Waals surface area contributed by atoms with Crippen LogP contribution in [-0.2, 0) is 14.4 Å². The van der Waals surface area contributed by atoms with Gasteiger partial charge in [0.05, 0.1) is 19.8 Å². The maximum atomic E-state index is 9.78. The molecule has 0 radical (unpaired) electrons. The van der Waals surface area contributed by atoms with E-state index in [1.165, 1.54) is 0 Å². The van der Waals surface area contributed by atoms with Gasteiger partial charge in [-0.2, -0.15) is 0 Å². The van der Waals surface area contributed by atoms with Crippen LogP contribution in [-0.4, -0.2) is 113 Å². The minimum Gasteiger partial charge on any atom is -0.479 e. The molecule has 13 heteroatoms. The lowest BCUT2D eigenvalue weighted by Gasteiger charge is -2.09. The first-order valence-corrected chi connectivity index (χ1v) is 5.69. The van der Waals surface area contributed by atoms with Crippen LogP contribution >= 0.6 is 0 Å². The maximum Gasteiger partial charge on any atom is 0.335 e. The molecule has 13 nitrogen and oxygen atoms in total. The number of hydrogen-bond donors (Lipinski definition) is 10. The molecule has 0 aliphatic carbocycles. The summed E-state index contributed by atoms with van der Waals surface area (Å²) in [4.78, 5) is 28.8. The van der Waals surface area contributed by atoms with E-state index in [1.54, 1.807) is 0 Å². The third-order valence-corrected chi connectivity index (χ3v) is 1.72. The first-order chi connectivity index (χ1) is 10.5. The molecule has 23 heavy (non-hydrogen) atoms. The standard InChI is InChI=1S/C4H8O5.2C3H6O4/c5-1-2(6)3(7)4(8)9;2*4-1-2(5)3(6)7/h2-3,5-7H,1H2,(H,8,9);2*2,4-5H,1H2,(H,6,7). The summed E-state index contributed by atoms with van der Waals surface area (Å²) in [6.45, 7) is -2.21. The van der Waals surface area contributed by atoms with E-state index in [4.69, 9.17) is 51.1 Å². The SMILES string of the molecule is O=C(O)C(O)C(O)CO.O=C(O)C(O)CO.O=C(O)C(O)CO. The fourth-order valence-corrected chi connectivity index (χ4v) is 0.421. The van der Waals surface area contributed by atoms with Gasteiger partial charge in [-0.15, -0.1) is 0 Å². The Morgan fingerprint density at radius 1 is 0.609 bits per heavy atom. The predicted octanol–water partition coefficient (Wildman–Crippen LogP) is -5.37. The van der Waals surface area contributed by atoms with Crippen molar-refractivity contribution in [2.24, 2.45) is 0 Å². The van der Waals surface area contributed by atoms with Gasteiger partial charge in [-0.05, 0) is 0 Å². The van der Waals surface area contributed by atoms with Crippen molar-refractivity contribution in [3.05, 3.63) is 0 Å². The van der Waals surface area contributed by atoms with Crippen LogP contribution in [0.3, 0.4) is 0 Å². The third-order valence-electron chi connectivity index (χ3n) is 1.72. The Bertz CT molecular complexity index is 324. The van der Waals surface area contributed by atoms with E-state index in [2.05, 4.69) is 0 Å². The van der Waals surface area contributed by atoms with Crippen molar-refractivity contribution in [3.63, 3.8) is 0 Å². The van der Waals surface area contributed by atoms with Gasteiger partial charge in [-0.3, -0.25) is 0 Å². The summed E-state index contributed by atoms with van der Waals surface area (Å²) in [7, 11) is 0. The second-order valence-corrected chi connectivity index (χ2v) is 3.61. The van der Waals surface area contributed by atoms with Crippen molar-refractivity contribution < 1.29 is 65.4 Å². The van der Waals surface area contributed by atoms with Gasteiger partial charge in [0.1, 0.15) is 6.10 Å². The van der Waals surface area contributed by atoms with Crippen LogP contribution in [0.15, 0.2) is 0 Å². The average molecular weight is 348 g/mol. The first kappa shape index (κ1) is 26.0. The largest absolute Gasteiger partial charge is 0.479 e. The Balaban J connectivity index is -0.000000264. The van der Waals surface area contributed by atoms with Crippen molar-refractivity contribution in [1.29, 1.82) is 0 Å². The molecule has 0 heterocycles. The van der Waals surface area contributed by atoms with Gasteiger partial charge in [0, 0.05) is 0 Å². The van der Waals surface area contributed by atoms with Crippen LogP contribution in [0.4, 0.5) is 0 Å². The van der Waals surface area contributed by atoms with E-state index < -0.39 is 62.1 Å². The topological polar surface area (TPSA) is 254 Å². The minimum atomic E-state index is -1.89. The van der Waals surface area contributed by atoms with E-state index in [-0.39, 0.29) is 0 Å². The number of aliphatic carboxylic acids is 3. The summed E-state index contributed by atoms with van der Waals surface area (Å²) >= 11 is 0.